The molecule has 18 heavy (non-hydrogen) atoms. The van der Waals surface area contributed by atoms with Gasteiger partial charge >= 0.3 is 5.97 Å². The Morgan fingerprint density at radius 3 is 2.61 bits per heavy atom. The number of carbonyl (C=O) groups is 1. The van der Waals surface area contributed by atoms with E-state index in [1.165, 1.54) is 0 Å². The van der Waals surface area contributed by atoms with Crippen molar-refractivity contribution in [2.24, 2.45) is 0 Å². The van der Waals surface area contributed by atoms with E-state index in [0.717, 1.165) is 17.7 Å². The molecule has 1 aromatic rings. The minimum absolute atomic E-state index is 0.0942. The number of ether oxygens (including phenoxy) is 2. The molecular weight excluding hydrogens is 232 g/mol. The smallest absolute Gasteiger partial charge is 0.303 e. The SMILES string of the molecule is COc1cc(CCCC(=O)O)ccc1OC(C)C. The summed E-state index contributed by atoms with van der Waals surface area (Å²) in [4.78, 5) is 10.4. The standard InChI is InChI=1S/C14H20O4/c1-10(2)18-12-8-7-11(9-13(12)17-3)5-4-6-14(15)16/h7-10H,4-6H2,1-3H3,(H,15,16). The Bertz CT molecular complexity index is 399. The molecule has 0 atom stereocenters. The second-order valence-corrected chi connectivity index (χ2v) is 4.40. The first-order valence-electron chi connectivity index (χ1n) is 6.08. The molecule has 0 spiro atoms. The molecule has 0 amide bonds. The number of aliphatic carboxylic acids is 1. The predicted molar refractivity (Wildman–Crippen MR) is 69.3 cm³/mol. The lowest BCUT2D eigenvalue weighted by Crippen LogP contribution is -2.07. The van der Waals surface area contributed by atoms with E-state index in [9.17, 15) is 4.79 Å². The number of aryl methyl sites for hydroxylation is 1. The zero-order chi connectivity index (χ0) is 13.5. The number of carboxylic acids is 1. The van der Waals surface area contributed by atoms with Crippen LogP contribution in [0.3, 0.4) is 0 Å². The fraction of sp³-hybridized carbons (Fsp3) is 0.500. The number of rotatable bonds is 7. The van der Waals surface area contributed by atoms with Crippen LogP contribution in [-0.4, -0.2) is 24.3 Å². The molecule has 100 valence electrons. The summed E-state index contributed by atoms with van der Waals surface area (Å²) in [6.07, 6.45) is 1.64. The van der Waals surface area contributed by atoms with Gasteiger partial charge in [-0.25, -0.2) is 0 Å². The first kappa shape index (κ1) is 14.4. The van der Waals surface area contributed by atoms with Gasteiger partial charge in [-0.15, -0.1) is 0 Å². The molecule has 0 unspecified atom stereocenters. The van der Waals surface area contributed by atoms with E-state index in [0.29, 0.717) is 12.2 Å². The summed E-state index contributed by atoms with van der Waals surface area (Å²) < 4.78 is 10.9. The van der Waals surface area contributed by atoms with Gasteiger partial charge in [0.1, 0.15) is 0 Å². The van der Waals surface area contributed by atoms with Crippen LogP contribution in [0.4, 0.5) is 0 Å². The molecule has 0 fully saturated rings. The lowest BCUT2D eigenvalue weighted by atomic mass is 10.1. The minimum Gasteiger partial charge on any atom is -0.493 e. The topological polar surface area (TPSA) is 55.8 Å². The van der Waals surface area contributed by atoms with Crippen LogP contribution in [0.2, 0.25) is 0 Å². The maximum absolute atomic E-state index is 10.4. The molecular formula is C14H20O4. The lowest BCUT2D eigenvalue weighted by molar-refractivity contribution is -0.137. The summed E-state index contributed by atoms with van der Waals surface area (Å²) in [5.41, 5.74) is 1.06. The Morgan fingerprint density at radius 2 is 2.06 bits per heavy atom. The molecule has 4 nitrogen and oxygen atoms in total. The van der Waals surface area contributed by atoms with Crippen LogP contribution in [0, 0.1) is 0 Å². The zero-order valence-electron chi connectivity index (χ0n) is 11.1. The number of hydrogen-bond donors (Lipinski definition) is 1. The summed E-state index contributed by atoms with van der Waals surface area (Å²) in [6.45, 7) is 3.92. The van der Waals surface area contributed by atoms with Crippen LogP contribution in [0.5, 0.6) is 11.5 Å². The molecule has 0 aliphatic rings. The van der Waals surface area contributed by atoms with Crippen LogP contribution >= 0.6 is 0 Å². The Morgan fingerprint density at radius 1 is 1.33 bits per heavy atom. The highest BCUT2D eigenvalue weighted by atomic mass is 16.5. The molecule has 0 heterocycles. The number of carboxylic acid groups (broad SMARTS) is 1. The van der Waals surface area contributed by atoms with E-state index in [-0.39, 0.29) is 12.5 Å². The van der Waals surface area contributed by atoms with Gasteiger partial charge in [0.05, 0.1) is 13.2 Å². The number of benzene rings is 1. The van der Waals surface area contributed by atoms with Crippen molar-refractivity contribution >= 4 is 5.97 Å². The van der Waals surface area contributed by atoms with Crippen molar-refractivity contribution in [3.8, 4) is 11.5 Å². The van der Waals surface area contributed by atoms with Gasteiger partial charge in [0, 0.05) is 6.42 Å². The van der Waals surface area contributed by atoms with Gasteiger partial charge < -0.3 is 14.6 Å². The van der Waals surface area contributed by atoms with Crippen molar-refractivity contribution in [3.05, 3.63) is 23.8 Å². The van der Waals surface area contributed by atoms with Crippen molar-refractivity contribution in [2.75, 3.05) is 7.11 Å². The quantitative estimate of drug-likeness (QED) is 0.810. The van der Waals surface area contributed by atoms with Crippen LogP contribution in [0.15, 0.2) is 18.2 Å². The maximum Gasteiger partial charge on any atom is 0.303 e. The Labute approximate surface area is 108 Å². The summed E-state index contributed by atoms with van der Waals surface area (Å²) in [7, 11) is 1.60. The van der Waals surface area contributed by atoms with Crippen LogP contribution in [0.1, 0.15) is 32.3 Å². The third-order valence-electron chi connectivity index (χ3n) is 2.45. The van der Waals surface area contributed by atoms with E-state index in [2.05, 4.69) is 0 Å². The van der Waals surface area contributed by atoms with Gasteiger partial charge in [-0.2, -0.15) is 0 Å². The largest absolute Gasteiger partial charge is 0.493 e. The molecule has 4 heteroatoms. The minimum atomic E-state index is -0.762. The zero-order valence-corrected chi connectivity index (χ0v) is 11.1. The van der Waals surface area contributed by atoms with Gasteiger partial charge in [-0.1, -0.05) is 6.07 Å². The normalized spacial score (nSPS) is 10.4. The highest BCUT2D eigenvalue weighted by molar-refractivity contribution is 5.66. The molecule has 0 aromatic heterocycles. The average molecular weight is 252 g/mol. The first-order valence-corrected chi connectivity index (χ1v) is 6.08. The maximum atomic E-state index is 10.4. The van der Waals surface area contributed by atoms with Crippen molar-refractivity contribution in [2.45, 2.75) is 39.2 Å². The van der Waals surface area contributed by atoms with E-state index in [1.54, 1.807) is 7.11 Å². The van der Waals surface area contributed by atoms with Gasteiger partial charge in [0.25, 0.3) is 0 Å². The summed E-state index contributed by atoms with van der Waals surface area (Å²) in [5, 5.41) is 8.59. The second kappa shape index (κ2) is 6.89. The van der Waals surface area contributed by atoms with E-state index in [4.69, 9.17) is 14.6 Å². The van der Waals surface area contributed by atoms with E-state index < -0.39 is 5.97 Å². The summed E-state index contributed by atoms with van der Waals surface area (Å²) in [5.74, 6) is 0.646. The Balaban J connectivity index is 2.69. The van der Waals surface area contributed by atoms with Crippen molar-refractivity contribution in [1.82, 2.24) is 0 Å². The predicted octanol–water partition coefficient (Wildman–Crippen LogP) is 2.89. The second-order valence-electron chi connectivity index (χ2n) is 4.40. The monoisotopic (exact) mass is 252 g/mol. The number of methoxy groups -OCH3 is 1. The molecule has 0 aliphatic heterocycles. The fourth-order valence-electron chi connectivity index (χ4n) is 1.66. The van der Waals surface area contributed by atoms with Crippen LogP contribution in [0.25, 0.3) is 0 Å². The van der Waals surface area contributed by atoms with Crippen molar-refractivity contribution in [1.29, 1.82) is 0 Å². The van der Waals surface area contributed by atoms with Crippen molar-refractivity contribution in [3.63, 3.8) is 0 Å². The fourth-order valence-corrected chi connectivity index (χ4v) is 1.66. The van der Waals surface area contributed by atoms with E-state index in [1.807, 2.05) is 32.0 Å². The van der Waals surface area contributed by atoms with Gasteiger partial charge in [0.15, 0.2) is 11.5 Å². The molecule has 0 saturated carbocycles. The molecule has 1 aromatic carbocycles. The highest BCUT2D eigenvalue weighted by Crippen LogP contribution is 2.29. The van der Waals surface area contributed by atoms with Crippen LogP contribution in [-0.2, 0) is 11.2 Å². The van der Waals surface area contributed by atoms with Gasteiger partial charge in [-0.05, 0) is 44.4 Å². The van der Waals surface area contributed by atoms with E-state index >= 15 is 0 Å². The first-order chi connectivity index (χ1) is 8.52. The lowest BCUT2D eigenvalue weighted by Gasteiger charge is -2.14. The summed E-state index contributed by atoms with van der Waals surface area (Å²) >= 11 is 0. The van der Waals surface area contributed by atoms with Gasteiger partial charge in [-0.3, -0.25) is 4.79 Å². The third-order valence-corrected chi connectivity index (χ3v) is 2.45. The Kier molecular flexibility index (Phi) is 5.49. The molecule has 0 saturated heterocycles. The molecule has 1 rings (SSSR count). The number of hydrogen-bond acceptors (Lipinski definition) is 3. The highest BCUT2D eigenvalue weighted by Gasteiger charge is 2.07. The molecule has 1 N–H and O–H groups in total. The average Bonchev–Trinajstić information content (AvgIpc) is 2.29. The van der Waals surface area contributed by atoms with Crippen LogP contribution < -0.4 is 9.47 Å². The third kappa shape index (κ3) is 4.65. The molecule has 0 bridgehead atoms. The Hall–Kier alpha value is -1.71. The van der Waals surface area contributed by atoms with Crippen molar-refractivity contribution < 1.29 is 19.4 Å². The van der Waals surface area contributed by atoms with Gasteiger partial charge in [0.2, 0.25) is 0 Å². The summed E-state index contributed by atoms with van der Waals surface area (Å²) in [6, 6.07) is 5.72. The molecule has 0 radical (unpaired) electrons. The molecule has 0 aliphatic carbocycles.